The molecule has 0 aliphatic heterocycles. The second-order valence-corrected chi connectivity index (χ2v) is 2.49. The largest absolute Gasteiger partial charge is 0.476 e. The number of nitrogen functional groups attached to an aromatic ring is 1. The fourth-order valence-electron chi connectivity index (χ4n) is 1.11. The summed E-state index contributed by atoms with van der Waals surface area (Å²) in [5.41, 5.74) is 6.52. The number of carboxylic acids is 1. The van der Waals surface area contributed by atoms with Crippen molar-refractivity contribution in [2.45, 2.75) is 13.3 Å². The molecule has 0 unspecified atom stereocenters. The number of aryl methyl sites for hydroxylation is 2. The van der Waals surface area contributed by atoms with E-state index in [0.717, 1.165) is 0 Å². The summed E-state index contributed by atoms with van der Waals surface area (Å²) < 4.78 is 1.29. The first-order valence-electron chi connectivity index (χ1n) is 3.62. The summed E-state index contributed by atoms with van der Waals surface area (Å²) >= 11 is 0. The number of aromatic carboxylic acids is 1. The third-order valence-corrected chi connectivity index (χ3v) is 1.70. The SMILES string of the molecule is CCc1nn(C)c(C(=O)O)c1N. The zero-order valence-corrected chi connectivity index (χ0v) is 7.03. The van der Waals surface area contributed by atoms with Crippen LogP contribution in [0.15, 0.2) is 0 Å². The highest BCUT2D eigenvalue weighted by molar-refractivity contribution is 5.92. The Bertz CT molecular complexity index is 317. The van der Waals surface area contributed by atoms with Crippen LogP contribution in [0.1, 0.15) is 23.1 Å². The summed E-state index contributed by atoms with van der Waals surface area (Å²) in [5.74, 6) is -1.04. The standard InChI is InChI=1S/C7H11N3O2/c1-3-4-5(8)6(7(11)12)10(2)9-4/h3,8H2,1-2H3,(H,11,12). The van der Waals surface area contributed by atoms with Crippen LogP contribution in [-0.4, -0.2) is 20.9 Å². The maximum Gasteiger partial charge on any atom is 0.356 e. The van der Waals surface area contributed by atoms with Crippen LogP contribution in [0.25, 0.3) is 0 Å². The van der Waals surface area contributed by atoms with Gasteiger partial charge in [-0.15, -0.1) is 0 Å². The number of nitrogens with two attached hydrogens (primary N) is 1. The minimum atomic E-state index is -1.04. The molecule has 5 nitrogen and oxygen atoms in total. The van der Waals surface area contributed by atoms with Gasteiger partial charge in [0.15, 0.2) is 5.69 Å². The normalized spacial score (nSPS) is 10.2. The predicted octanol–water partition coefficient (Wildman–Crippen LogP) is 0.263. The van der Waals surface area contributed by atoms with Gasteiger partial charge in [-0.1, -0.05) is 6.92 Å². The Morgan fingerprint density at radius 1 is 1.75 bits per heavy atom. The van der Waals surface area contributed by atoms with Crippen LogP contribution in [0.5, 0.6) is 0 Å². The molecule has 0 atom stereocenters. The Kier molecular flexibility index (Phi) is 2.03. The molecular formula is C7H11N3O2. The van der Waals surface area contributed by atoms with Crippen LogP contribution in [0.2, 0.25) is 0 Å². The Balaban J connectivity index is 3.28. The maximum absolute atomic E-state index is 10.6. The highest BCUT2D eigenvalue weighted by Crippen LogP contribution is 2.16. The molecule has 1 aromatic rings. The summed E-state index contributed by atoms with van der Waals surface area (Å²) in [4.78, 5) is 10.6. The molecule has 0 aromatic carbocycles. The van der Waals surface area contributed by atoms with Gasteiger partial charge in [0.2, 0.25) is 0 Å². The van der Waals surface area contributed by atoms with E-state index in [1.807, 2.05) is 6.92 Å². The van der Waals surface area contributed by atoms with Gasteiger partial charge in [-0.2, -0.15) is 5.10 Å². The van der Waals surface area contributed by atoms with Gasteiger partial charge in [-0.25, -0.2) is 4.79 Å². The van der Waals surface area contributed by atoms with E-state index in [4.69, 9.17) is 10.8 Å². The van der Waals surface area contributed by atoms with Crippen molar-refractivity contribution >= 4 is 11.7 Å². The van der Waals surface area contributed by atoms with Gasteiger partial charge in [0.1, 0.15) is 0 Å². The zero-order valence-electron chi connectivity index (χ0n) is 7.03. The van der Waals surface area contributed by atoms with Gasteiger partial charge < -0.3 is 10.8 Å². The van der Waals surface area contributed by atoms with Gasteiger partial charge in [0.05, 0.1) is 11.4 Å². The summed E-state index contributed by atoms with van der Waals surface area (Å²) in [5, 5.41) is 12.7. The molecule has 0 saturated heterocycles. The number of carbonyl (C=O) groups is 1. The summed E-state index contributed by atoms with van der Waals surface area (Å²) in [6, 6.07) is 0. The van der Waals surface area contributed by atoms with Crippen molar-refractivity contribution in [1.29, 1.82) is 0 Å². The molecule has 5 heteroatoms. The number of rotatable bonds is 2. The molecular weight excluding hydrogens is 158 g/mol. The molecule has 12 heavy (non-hydrogen) atoms. The number of carboxylic acid groups (broad SMARTS) is 1. The van der Waals surface area contributed by atoms with Crippen molar-refractivity contribution in [2.75, 3.05) is 5.73 Å². The number of hydrogen-bond acceptors (Lipinski definition) is 3. The van der Waals surface area contributed by atoms with E-state index in [2.05, 4.69) is 5.10 Å². The minimum Gasteiger partial charge on any atom is -0.476 e. The van der Waals surface area contributed by atoms with Gasteiger partial charge >= 0.3 is 5.97 Å². The van der Waals surface area contributed by atoms with Gasteiger partial charge in [0, 0.05) is 7.05 Å². The smallest absolute Gasteiger partial charge is 0.356 e. The Labute approximate surface area is 69.8 Å². The van der Waals surface area contributed by atoms with Crippen LogP contribution < -0.4 is 5.73 Å². The molecule has 0 fully saturated rings. The lowest BCUT2D eigenvalue weighted by Gasteiger charge is -1.94. The van der Waals surface area contributed by atoms with Crippen LogP contribution >= 0.6 is 0 Å². The number of anilines is 1. The highest BCUT2D eigenvalue weighted by Gasteiger charge is 2.17. The van der Waals surface area contributed by atoms with Crippen molar-refractivity contribution in [3.8, 4) is 0 Å². The lowest BCUT2D eigenvalue weighted by Crippen LogP contribution is -2.07. The van der Waals surface area contributed by atoms with Gasteiger partial charge in [-0.05, 0) is 6.42 Å². The van der Waals surface area contributed by atoms with Crippen molar-refractivity contribution in [3.63, 3.8) is 0 Å². The second kappa shape index (κ2) is 2.84. The summed E-state index contributed by atoms with van der Waals surface area (Å²) in [6.45, 7) is 1.88. The quantitative estimate of drug-likeness (QED) is 0.665. The van der Waals surface area contributed by atoms with E-state index in [0.29, 0.717) is 12.1 Å². The molecule has 0 aliphatic rings. The molecule has 0 bridgehead atoms. The first-order valence-corrected chi connectivity index (χ1v) is 3.62. The van der Waals surface area contributed by atoms with Crippen LogP contribution in [0.4, 0.5) is 5.69 Å². The highest BCUT2D eigenvalue weighted by atomic mass is 16.4. The minimum absolute atomic E-state index is 0.0619. The fourth-order valence-corrected chi connectivity index (χ4v) is 1.11. The Morgan fingerprint density at radius 3 is 2.58 bits per heavy atom. The molecule has 0 amide bonds. The number of aromatic nitrogens is 2. The van der Waals surface area contributed by atoms with Crippen molar-refractivity contribution in [3.05, 3.63) is 11.4 Å². The van der Waals surface area contributed by atoms with Gasteiger partial charge in [-0.3, -0.25) is 4.68 Å². The van der Waals surface area contributed by atoms with E-state index in [1.165, 1.54) is 4.68 Å². The molecule has 0 spiro atoms. The Morgan fingerprint density at radius 2 is 2.33 bits per heavy atom. The van der Waals surface area contributed by atoms with E-state index in [9.17, 15) is 4.79 Å². The average Bonchev–Trinajstić information content (AvgIpc) is 2.25. The van der Waals surface area contributed by atoms with Crippen LogP contribution in [-0.2, 0) is 13.5 Å². The van der Waals surface area contributed by atoms with E-state index >= 15 is 0 Å². The molecule has 1 rings (SSSR count). The summed E-state index contributed by atoms with van der Waals surface area (Å²) in [6.07, 6.45) is 0.646. The predicted molar refractivity (Wildman–Crippen MR) is 44.0 cm³/mol. The van der Waals surface area contributed by atoms with Gasteiger partial charge in [0.25, 0.3) is 0 Å². The van der Waals surface area contributed by atoms with E-state index in [1.54, 1.807) is 7.05 Å². The molecule has 1 aromatic heterocycles. The number of hydrogen-bond donors (Lipinski definition) is 2. The molecule has 3 N–H and O–H groups in total. The van der Waals surface area contributed by atoms with Crippen molar-refractivity contribution < 1.29 is 9.90 Å². The maximum atomic E-state index is 10.6. The summed E-state index contributed by atoms with van der Waals surface area (Å²) in [7, 11) is 1.57. The Hall–Kier alpha value is -1.52. The van der Waals surface area contributed by atoms with Crippen LogP contribution in [0.3, 0.4) is 0 Å². The average molecular weight is 169 g/mol. The molecule has 0 saturated carbocycles. The topological polar surface area (TPSA) is 81.1 Å². The first-order chi connectivity index (χ1) is 5.57. The number of nitrogens with zero attached hydrogens (tertiary/aromatic N) is 2. The lowest BCUT2D eigenvalue weighted by atomic mass is 10.2. The second-order valence-electron chi connectivity index (χ2n) is 2.49. The molecule has 0 aliphatic carbocycles. The lowest BCUT2D eigenvalue weighted by molar-refractivity contribution is 0.0686. The fraction of sp³-hybridized carbons (Fsp3) is 0.429. The zero-order chi connectivity index (χ0) is 9.30. The van der Waals surface area contributed by atoms with Crippen LogP contribution in [0, 0.1) is 0 Å². The third kappa shape index (κ3) is 1.13. The molecule has 1 heterocycles. The van der Waals surface area contributed by atoms with Crippen molar-refractivity contribution in [2.24, 2.45) is 7.05 Å². The molecule has 0 radical (unpaired) electrons. The monoisotopic (exact) mass is 169 g/mol. The molecule has 66 valence electrons. The first kappa shape index (κ1) is 8.58. The van der Waals surface area contributed by atoms with Crippen molar-refractivity contribution in [1.82, 2.24) is 9.78 Å². The van der Waals surface area contributed by atoms with E-state index in [-0.39, 0.29) is 11.4 Å². The van der Waals surface area contributed by atoms with E-state index < -0.39 is 5.97 Å². The third-order valence-electron chi connectivity index (χ3n) is 1.70.